The summed E-state index contributed by atoms with van der Waals surface area (Å²) in [6, 6.07) is 0. The molecule has 2 rings (SSSR count). The molecule has 0 saturated carbocycles. The summed E-state index contributed by atoms with van der Waals surface area (Å²) in [6.07, 6.45) is 18.6. The Morgan fingerprint density at radius 3 is 2.44 bits per heavy atom. The van der Waals surface area contributed by atoms with Gasteiger partial charge in [-0.1, -0.05) is 63.0 Å². The molecule has 2 heterocycles. The molecule has 1 aromatic heterocycles. The van der Waals surface area contributed by atoms with Gasteiger partial charge in [-0.25, -0.2) is 0 Å². The van der Waals surface area contributed by atoms with Crippen LogP contribution in [0.3, 0.4) is 0 Å². The molecule has 5 heteroatoms. The highest BCUT2D eigenvalue weighted by Gasteiger charge is 2.49. The summed E-state index contributed by atoms with van der Waals surface area (Å²) in [6.45, 7) is 5.56. The van der Waals surface area contributed by atoms with Crippen LogP contribution in [0.5, 0.6) is 5.88 Å². The van der Waals surface area contributed by atoms with Gasteiger partial charge in [0.2, 0.25) is 5.88 Å². The van der Waals surface area contributed by atoms with E-state index in [2.05, 4.69) is 31.0 Å². The maximum atomic E-state index is 11.1. The average Bonchev–Trinajstić information content (AvgIpc) is 3.36. The van der Waals surface area contributed by atoms with E-state index in [-0.39, 0.29) is 16.4 Å². The van der Waals surface area contributed by atoms with E-state index in [9.17, 15) is 9.90 Å². The highest BCUT2D eigenvalue weighted by Crippen LogP contribution is 2.43. The first-order valence-electron chi connectivity index (χ1n) is 10.8. The summed E-state index contributed by atoms with van der Waals surface area (Å²) in [7, 11) is 0. The topological polar surface area (TPSA) is 65.6 Å². The van der Waals surface area contributed by atoms with Crippen LogP contribution in [-0.2, 0) is 11.2 Å². The van der Waals surface area contributed by atoms with Crippen molar-refractivity contribution in [2.45, 2.75) is 96.5 Å². The SMILES string of the molecule is CCCC(CC)C1(CCCCC=CCCCCCc2sc(=O)[nH]c2O)CO1. The number of aryl methyl sites for hydroxylation is 1. The van der Waals surface area contributed by atoms with Crippen LogP contribution in [0.1, 0.15) is 89.4 Å². The minimum Gasteiger partial charge on any atom is -0.494 e. The summed E-state index contributed by atoms with van der Waals surface area (Å²) in [5, 5.41) is 9.54. The zero-order chi connectivity index (χ0) is 19.5. The van der Waals surface area contributed by atoms with Gasteiger partial charge < -0.3 is 9.84 Å². The molecule has 27 heavy (non-hydrogen) atoms. The fraction of sp³-hybridized carbons (Fsp3) is 0.773. The van der Waals surface area contributed by atoms with E-state index < -0.39 is 0 Å². The van der Waals surface area contributed by atoms with Crippen LogP contribution in [-0.4, -0.2) is 22.3 Å². The Labute approximate surface area is 168 Å². The van der Waals surface area contributed by atoms with E-state index in [4.69, 9.17) is 4.74 Å². The Morgan fingerprint density at radius 2 is 1.89 bits per heavy atom. The molecule has 0 aromatic carbocycles. The number of unbranched alkanes of at least 4 members (excludes halogenated alkanes) is 5. The Bertz CT molecular complexity index is 615. The van der Waals surface area contributed by atoms with Gasteiger partial charge >= 0.3 is 4.87 Å². The molecule has 1 fully saturated rings. The minimum atomic E-state index is -0.166. The van der Waals surface area contributed by atoms with Crippen molar-refractivity contribution in [3.05, 3.63) is 26.7 Å². The predicted octanol–water partition coefficient (Wildman–Crippen LogP) is 5.96. The normalized spacial score (nSPS) is 20.4. The van der Waals surface area contributed by atoms with Gasteiger partial charge in [0, 0.05) is 0 Å². The van der Waals surface area contributed by atoms with Gasteiger partial charge in [0.1, 0.15) is 0 Å². The third-order valence-electron chi connectivity index (χ3n) is 5.75. The van der Waals surface area contributed by atoms with Gasteiger partial charge in [0.15, 0.2) is 0 Å². The number of H-pyrrole nitrogens is 1. The summed E-state index contributed by atoms with van der Waals surface area (Å²) >= 11 is 1.12. The van der Waals surface area contributed by atoms with E-state index in [0.717, 1.165) is 54.4 Å². The number of hydrogen-bond donors (Lipinski definition) is 2. The van der Waals surface area contributed by atoms with E-state index in [1.165, 1.54) is 51.4 Å². The van der Waals surface area contributed by atoms with Crippen LogP contribution in [0.2, 0.25) is 0 Å². The molecule has 1 aromatic rings. The zero-order valence-electron chi connectivity index (χ0n) is 17.1. The van der Waals surface area contributed by atoms with Crippen LogP contribution in [0.25, 0.3) is 0 Å². The van der Waals surface area contributed by atoms with E-state index in [1.807, 2.05) is 0 Å². The second kappa shape index (κ2) is 11.7. The fourth-order valence-corrected chi connectivity index (χ4v) is 4.80. The quantitative estimate of drug-likeness (QED) is 0.219. The first kappa shape index (κ1) is 22.2. The number of epoxide rings is 1. The van der Waals surface area contributed by atoms with Gasteiger partial charge in [-0.05, 0) is 57.3 Å². The van der Waals surface area contributed by atoms with Crippen LogP contribution in [0, 0.1) is 5.92 Å². The molecular weight excluding hydrogens is 358 g/mol. The Kier molecular flexibility index (Phi) is 9.63. The van der Waals surface area contributed by atoms with Crippen LogP contribution >= 0.6 is 11.3 Å². The molecule has 2 unspecified atom stereocenters. The lowest BCUT2D eigenvalue weighted by atomic mass is 9.83. The zero-order valence-corrected chi connectivity index (χ0v) is 17.9. The van der Waals surface area contributed by atoms with Gasteiger partial charge in [-0.3, -0.25) is 9.78 Å². The molecule has 0 amide bonds. The number of hydrogen-bond acceptors (Lipinski definition) is 4. The average molecular weight is 396 g/mol. The monoisotopic (exact) mass is 395 g/mol. The second-order valence-electron chi connectivity index (χ2n) is 7.85. The molecule has 0 bridgehead atoms. The Hall–Kier alpha value is -1.07. The van der Waals surface area contributed by atoms with Crippen LogP contribution in [0.4, 0.5) is 0 Å². The minimum absolute atomic E-state index is 0.0585. The van der Waals surface area contributed by atoms with Crippen molar-refractivity contribution < 1.29 is 9.84 Å². The first-order chi connectivity index (χ1) is 13.1. The molecule has 1 saturated heterocycles. The highest BCUT2D eigenvalue weighted by atomic mass is 32.1. The van der Waals surface area contributed by atoms with Crippen molar-refractivity contribution in [2.24, 2.45) is 5.92 Å². The smallest absolute Gasteiger partial charge is 0.307 e. The summed E-state index contributed by atoms with van der Waals surface area (Å²) in [5.41, 5.74) is 0.232. The lowest BCUT2D eigenvalue weighted by Gasteiger charge is -2.22. The van der Waals surface area contributed by atoms with Gasteiger partial charge in [-0.15, -0.1) is 0 Å². The number of aromatic nitrogens is 1. The number of thiazole rings is 1. The van der Waals surface area contributed by atoms with Crippen LogP contribution in [0.15, 0.2) is 16.9 Å². The molecule has 2 atom stereocenters. The van der Waals surface area contributed by atoms with Gasteiger partial charge in [0.05, 0.1) is 17.1 Å². The number of rotatable bonds is 15. The van der Waals surface area contributed by atoms with Gasteiger partial charge in [0.25, 0.3) is 0 Å². The number of ether oxygens (including phenoxy) is 1. The third kappa shape index (κ3) is 7.46. The highest BCUT2D eigenvalue weighted by molar-refractivity contribution is 7.09. The molecule has 2 N–H and O–H groups in total. The molecule has 1 aliphatic rings. The van der Waals surface area contributed by atoms with Crippen molar-refractivity contribution in [3.8, 4) is 5.88 Å². The Morgan fingerprint density at radius 1 is 1.19 bits per heavy atom. The second-order valence-corrected chi connectivity index (χ2v) is 8.92. The maximum Gasteiger partial charge on any atom is 0.307 e. The number of aromatic amines is 1. The summed E-state index contributed by atoms with van der Waals surface area (Å²) < 4.78 is 5.87. The Balaban J connectivity index is 1.46. The lowest BCUT2D eigenvalue weighted by Crippen LogP contribution is -2.23. The van der Waals surface area contributed by atoms with E-state index in [0.29, 0.717) is 0 Å². The van der Waals surface area contributed by atoms with E-state index in [1.54, 1.807) is 0 Å². The lowest BCUT2D eigenvalue weighted by molar-refractivity contribution is 0.184. The molecule has 154 valence electrons. The van der Waals surface area contributed by atoms with Crippen molar-refractivity contribution in [3.63, 3.8) is 0 Å². The molecular formula is C22H37NO3S. The van der Waals surface area contributed by atoms with E-state index >= 15 is 0 Å². The van der Waals surface area contributed by atoms with Crippen molar-refractivity contribution in [2.75, 3.05) is 6.61 Å². The van der Waals surface area contributed by atoms with Crippen LogP contribution < -0.4 is 4.87 Å². The largest absolute Gasteiger partial charge is 0.494 e. The molecule has 1 aliphatic heterocycles. The molecule has 0 spiro atoms. The number of nitrogens with one attached hydrogen (secondary N) is 1. The maximum absolute atomic E-state index is 11.1. The number of allylic oxidation sites excluding steroid dienone is 2. The van der Waals surface area contributed by atoms with Crippen molar-refractivity contribution >= 4 is 11.3 Å². The van der Waals surface area contributed by atoms with Crippen molar-refractivity contribution in [1.29, 1.82) is 0 Å². The summed E-state index contributed by atoms with van der Waals surface area (Å²) in [5.74, 6) is 0.815. The molecule has 0 aliphatic carbocycles. The third-order valence-corrected chi connectivity index (χ3v) is 6.68. The fourth-order valence-electron chi connectivity index (χ4n) is 4.03. The number of aromatic hydroxyl groups is 1. The van der Waals surface area contributed by atoms with Gasteiger partial charge in [-0.2, -0.15) is 0 Å². The predicted molar refractivity (Wildman–Crippen MR) is 114 cm³/mol. The first-order valence-corrected chi connectivity index (χ1v) is 11.6. The standard InChI is InChI=1S/C22H37NO3S/c1-3-14-18(4-2)22(17-26-22)16-13-11-9-7-5-6-8-10-12-15-19-20(24)23-21(25)27-19/h5,7,18,24H,3-4,6,8-17H2,1-2H3,(H,23,25). The molecule has 4 nitrogen and oxygen atoms in total. The summed E-state index contributed by atoms with van der Waals surface area (Å²) in [4.78, 5) is 14.2. The molecule has 0 radical (unpaired) electrons. The van der Waals surface area contributed by atoms with Crippen molar-refractivity contribution in [1.82, 2.24) is 4.98 Å².